The molecule has 0 unspecified atom stereocenters. The van der Waals surface area contributed by atoms with Gasteiger partial charge in [-0.2, -0.15) is 0 Å². The maximum absolute atomic E-state index is 12.8. The smallest absolute Gasteiger partial charge is 0.262 e. The zero-order chi connectivity index (χ0) is 20.7. The highest BCUT2D eigenvalue weighted by molar-refractivity contribution is 7.99. The number of rotatable bonds is 4. The number of thioether (sulfide) groups is 1. The molecule has 0 aliphatic carbocycles. The minimum Gasteiger partial charge on any atom is -0.326 e. The summed E-state index contributed by atoms with van der Waals surface area (Å²) in [6, 6.07) is 5.41. The van der Waals surface area contributed by atoms with Gasteiger partial charge in [0.15, 0.2) is 10.9 Å². The van der Waals surface area contributed by atoms with Gasteiger partial charge in [0.2, 0.25) is 5.91 Å². The van der Waals surface area contributed by atoms with Crippen LogP contribution in [0.2, 0.25) is 0 Å². The number of fused-ring (bicyclic) bond motifs is 2. The molecule has 2 aromatic heterocycles. The SMILES string of the molecule is Cc1sc2nc(SCC(=O)c3ccc4c(c3)CCCC(=O)N4)n(C)c(=O)c2c1C. The van der Waals surface area contributed by atoms with Crippen molar-refractivity contribution in [2.75, 3.05) is 11.1 Å². The van der Waals surface area contributed by atoms with Crippen molar-refractivity contribution in [3.8, 4) is 0 Å². The number of ketones is 1. The van der Waals surface area contributed by atoms with Crippen molar-refractivity contribution in [2.45, 2.75) is 38.3 Å². The van der Waals surface area contributed by atoms with Crippen molar-refractivity contribution in [3.05, 3.63) is 50.1 Å². The minimum atomic E-state index is -0.0763. The number of carbonyl (C=O) groups excluding carboxylic acids is 2. The summed E-state index contributed by atoms with van der Waals surface area (Å²) in [5.74, 6) is 0.182. The summed E-state index contributed by atoms with van der Waals surface area (Å²) in [6.45, 7) is 3.92. The number of anilines is 1. The number of hydrogen-bond donors (Lipinski definition) is 1. The third-order valence-electron chi connectivity index (χ3n) is 5.25. The molecular weight excluding hydrogens is 406 g/mol. The Balaban J connectivity index is 1.56. The molecule has 3 aromatic rings. The molecule has 0 fully saturated rings. The molecule has 0 spiro atoms. The normalized spacial score (nSPS) is 13.8. The molecule has 1 aliphatic rings. The van der Waals surface area contributed by atoms with E-state index in [1.807, 2.05) is 19.9 Å². The zero-order valence-electron chi connectivity index (χ0n) is 16.5. The van der Waals surface area contributed by atoms with Crippen LogP contribution in [-0.4, -0.2) is 27.0 Å². The monoisotopic (exact) mass is 427 g/mol. The molecule has 8 heteroatoms. The van der Waals surface area contributed by atoms with Crippen LogP contribution in [0.4, 0.5) is 5.69 Å². The Labute approximate surface area is 176 Å². The van der Waals surface area contributed by atoms with E-state index in [1.165, 1.54) is 27.7 Å². The second-order valence-corrected chi connectivity index (χ2v) is 9.35. The number of nitrogens with one attached hydrogen (secondary N) is 1. The van der Waals surface area contributed by atoms with E-state index in [-0.39, 0.29) is 23.0 Å². The molecule has 6 nitrogen and oxygen atoms in total. The number of benzene rings is 1. The summed E-state index contributed by atoms with van der Waals surface area (Å²) >= 11 is 2.78. The van der Waals surface area contributed by atoms with E-state index < -0.39 is 0 Å². The fraction of sp³-hybridized carbons (Fsp3) is 0.333. The van der Waals surface area contributed by atoms with Crippen LogP contribution < -0.4 is 10.9 Å². The van der Waals surface area contributed by atoms with E-state index in [1.54, 1.807) is 19.2 Å². The lowest BCUT2D eigenvalue weighted by Gasteiger charge is -2.10. The molecule has 0 radical (unpaired) electrons. The lowest BCUT2D eigenvalue weighted by molar-refractivity contribution is -0.116. The van der Waals surface area contributed by atoms with E-state index in [9.17, 15) is 14.4 Å². The number of aryl methyl sites for hydroxylation is 3. The molecule has 150 valence electrons. The van der Waals surface area contributed by atoms with Crippen LogP contribution in [0, 0.1) is 13.8 Å². The standard InChI is InChI=1S/C21H21N3O3S2/c1-11-12(2)29-19-18(11)20(27)24(3)21(23-19)28-10-16(25)14-7-8-15-13(9-14)5-4-6-17(26)22-15/h7-9H,4-6,10H2,1-3H3,(H,22,26). The Morgan fingerprint density at radius 3 is 2.86 bits per heavy atom. The topological polar surface area (TPSA) is 81.1 Å². The van der Waals surface area contributed by atoms with Crippen LogP contribution in [0.15, 0.2) is 28.2 Å². The maximum atomic E-state index is 12.8. The van der Waals surface area contributed by atoms with Gasteiger partial charge in [0.1, 0.15) is 4.83 Å². The van der Waals surface area contributed by atoms with Crippen molar-refractivity contribution in [1.29, 1.82) is 0 Å². The van der Waals surface area contributed by atoms with Gasteiger partial charge in [-0.1, -0.05) is 11.8 Å². The highest BCUT2D eigenvalue weighted by Gasteiger charge is 2.18. The Hall–Kier alpha value is -2.45. The first-order valence-corrected chi connectivity index (χ1v) is 11.2. The van der Waals surface area contributed by atoms with Crippen LogP contribution in [0.5, 0.6) is 0 Å². The van der Waals surface area contributed by atoms with Gasteiger partial charge in [0, 0.05) is 29.6 Å². The number of amides is 1. The first kappa shape index (κ1) is 19.8. The largest absolute Gasteiger partial charge is 0.326 e. The van der Waals surface area contributed by atoms with Crippen LogP contribution in [-0.2, 0) is 18.3 Å². The molecule has 29 heavy (non-hydrogen) atoms. The highest BCUT2D eigenvalue weighted by atomic mass is 32.2. The summed E-state index contributed by atoms with van der Waals surface area (Å²) in [4.78, 5) is 43.6. The molecule has 0 saturated carbocycles. The lowest BCUT2D eigenvalue weighted by Crippen LogP contribution is -2.20. The number of aromatic nitrogens is 2. The van der Waals surface area contributed by atoms with Gasteiger partial charge in [-0.25, -0.2) is 4.98 Å². The molecule has 1 N–H and O–H groups in total. The van der Waals surface area contributed by atoms with E-state index in [0.29, 0.717) is 22.5 Å². The van der Waals surface area contributed by atoms with Gasteiger partial charge in [-0.05, 0) is 56.0 Å². The maximum Gasteiger partial charge on any atom is 0.262 e. The third-order valence-corrected chi connectivity index (χ3v) is 7.38. The van der Waals surface area contributed by atoms with E-state index in [4.69, 9.17) is 0 Å². The molecule has 4 rings (SSSR count). The van der Waals surface area contributed by atoms with E-state index >= 15 is 0 Å². The van der Waals surface area contributed by atoms with Gasteiger partial charge < -0.3 is 5.32 Å². The minimum absolute atomic E-state index is 0.0137. The molecule has 3 heterocycles. The van der Waals surface area contributed by atoms with E-state index in [0.717, 1.165) is 39.4 Å². The number of thiophene rings is 1. The fourth-order valence-electron chi connectivity index (χ4n) is 3.45. The zero-order valence-corrected chi connectivity index (χ0v) is 18.1. The molecule has 1 aliphatic heterocycles. The number of Topliss-reactive ketones (excluding diaryl/α,β-unsaturated/α-hetero) is 1. The highest BCUT2D eigenvalue weighted by Crippen LogP contribution is 2.29. The second-order valence-electron chi connectivity index (χ2n) is 7.21. The fourth-order valence-corrected chi connectivity index (χ4v) is 5.38. The molecule has 1 aromatic carbocycles. The van der Waals surface area contributed by atoms with Crippen LogP contribution >= 0.6 is 23.1 Å². The molecule has 0 bridgehead atoms. The molecule has 0 atom stereocenters. The molecule has 0 saturated heterocycles. The number of carbonyl (C=O) groups is 2. The quantitative estimate of drug-likeness (QED) is 0.388. The van der Waals surface area contributed by atoms with Gasteiger partial charge >= 0.3 is 0 Å². The Morgan fingerprint density at radius 1 is 1.28 bits per heavy atom. The Kier molecular flexibility index (Phi) is 5.31. The van der Waals surface area contributed by atoms with Crippen molar-refractivity contribution < 1.29 is 9.59 Å². The van der Waals surface area contributed by atoms with E-state index in [2.05, 4.69) is 10.3 Å². The van der Waals surface area contributed by atoms with Crippen molar-refractivity contribution in [2.24, 2.45) is 7.05 Å². The van der Waals surface area contributed by atoms with Crippen molar-refractivity contribution in [3.63, 3.8) is 0 Å². The summed E-state index contributed by atoms with van der Waals surface area (Å²) in [5, 5.41) is 4.09. The number of hydrogen-bond acceptors (Lipinski definition) is 6. The van der Waals surface area contributed by atoms with Crippen LogP contribution in [0.25, 0.3) is 10.2 Å². The average Bonchev–Trinajstić information content (AvgIpc) is 2.86. The average molecular weight is 428 g/mol. The van der Waals surface area contributed by atoms with Gasteiger partial charge in [-0.15, -0.1) is 11.3 Å². The van der Waals surface area contributed by atoms with Gasteiger partial charge in [-0.3, -0.25) is 19.0 Å². The summed E-state index contributed by atoms with van der Waals surface area (Å²) in [6.07, 6.45) is 2.04. The Bertz CT molecular complexity index is 1210. The van der Waals surface area contributed by atoms with Gasteiger partial charge in [0.25, 0.3) is 5.56 Å². The predicted molar refractivity (Wildman–Crippen MR) is 117 cm³/mol. The predicted octanol–water partition coefficient (Wildman–Crippen LogP) is 3.86. The first-order valence-electron chi connectivity index (χ1n) is 9.40. The van der Waals surface area contributed by atoms with Crippen LogP contribution in [0.3, 0.4) is 0 Å². The number of nitrogens with zero attached hydrogens (tertiary/aromatic N) is 2. The molecular formula is C21H21N3O3S2. The third kappa shape index (κ3) is 3.74. The molecule has 1 amide bonds. The van der Waals surface area contributed by atoms with Gasteiger partial charge in [0.05, 0.1) is 11.1 Å². The van der Waals surface area contributed by atoms with Crippen LogP contribution in [0.1, 0.15) is 39.2 Å². The summed E-state index contributed by atoms with van der Waals surface area (Å²) < 4.78 is 1.52. The summed E-state index contributed by atoms with van der Waals surface area (Å²) in [5.41, 5.74) is 3.29. The lowest BCUT2D eigenvalue weighted by atomic mass is 10.0. The van der Waals surface area contributed by atoms with Crippen molar-refractivity contribution in [1.82, 2.24) is 9.55 Å². The first-order chi connectivity index (χ1) is 13.8. The second kappa shape index (κ2) is 7.76. The summed E-state index contributed by atoms with van der Waals surface area (Å²) in [7, 11) is 1.69. The Morgan fingerprint density at radius 2 is 2.07 bits per heavy atom. The van der Waals surface area contributed by atoms with Crippen molar-refractivity contribution >= 4 is 50.7 Å².